The normalized spacial score (nSPS) is 10.5. The van der Waals surface area contributed by atoms with Crippen molar-refractivity contribution in [1.29, 1.82) is 0 Å². The fourth-order valence-electron chi connectivity index (χ4n) is 3.84. The van der Waals surface area contributed by atoms with Gasteiger partial charge in [-0.15, -0.1) is 0 Å². The minimum absolute atomic E-state index is 0.535. The maximum atomic E-state index is 5.79. The molecule has 2 aromatic heterocycles. The Morgan fingerprint density at radius 1 is 0.719 bits per heavy atom. The Bertz CT molecular complexity index is 1300. The van der Waals surface area contributed by atoms with E-state index in [0.29, 0.717) is 6.54 Å². The fraction of sp³-hybridized carbons (Fsp3) is 0.103. The number of fused-ring (bicyclic) bond motifs is 1. The van der Waals surface area contributed by atoms with Gasteiger partial charge in [0.15, 0.2) is 6.20 Å². The number of benzene rings is 3. The minimum atomic E-state index is 0.535. The lowest BCUT2D eigenvalue weighted by atomic mass is 9.95. The number of H-pyrrole nitrogens is 1. The maximum absolute atomic E-state index is 5.79. The molecule has 0 atom stereocenters. The van der Waals surface area contributed by atoms with Crippen molar-refractivity contribution in [3.63, 3.8) is 0 Å². The van der Waals surface area contributed by atoms with Crippen LogP contribution in [0.3, 0.4) is 0 Å². The number of aromatic amines is 1. The standard InChI is InChI=1S/C27H21N3.C2H6/c28-18-19-11-13-22(14-12-19)27-23(20-7-3-1-4-8-20)17-24-25(30-27)15-16-29-26(24)21-9-5-2-6-10-21;1-2/h1-17H,18,28H2;1-2H3/p+1. The second-order valence-electron chi connectivity index (χ2n) is 7.30. The van der Waals surface area contributed by atoms with Crippen molar-refractivity contribution in [1.82, 2.24) is 4.98 Å². The average molecular weight is 419 g/mol. The Morgan fingerprint density at radius 2 is 1.34 bits per heavy atom. The number of hydrogen-bond acceptors (Lipinski definition) is 2. The van der Waals surface area contributed by atoms with Gasteiger partial charge in [0, 0.05) is 29.3 Å². The van der Waals surface area contributed by atoms with E-state index in [1.54, 1.807) is 0 Å². The Hall–Kier alpha value is -3.82. The first-order chi connectivity index (χ1) is 15.8. The molecule has 0 aliphatic rings. The summed E-state index contributed by atoms with van der Waals surface area (Å²) in [6, 6.07) is 33.5. The van der Waals surface area contributed by atoms with Crippen molar-refractivity contribution in [2.24, 2.45) is 5.73 Å². The molecule has 0 saturated heterocycles. The van der Waals surface area contributed by atoms with Crippen molar-refractivity contribution in [3.05, 3.63) is 109 Å². The van der Waals surface area contributed by atoms with Crippen LogP contribution in [0, 0.1) is 0 Å². The van der Waals surface area contributed by atoms with Crippen LogP contribution in [0.25, 0.3) is 44.5 Å². The van der Waals surface area contributed by atoms with Crippen LogP contribution in [0.2, 0.25) is 0 Å². The van der Waals surface area contributed by atoms with E-state index in [-0.39, 0.29) is 0 Å². The number of nitrogens with one attached hydrogen (secondary N) is 1. The molecule has 3 heteroatoms. The highest BCUT2D eigenvalue weighted by Gasteiger charge is 2.17. The molecule has 0 bridgehead atoms. The number of nitrogens with two attached hydrogens (primary N) is 1. The maximum Gasteiger partial charge on any atom is 0.220 e. The van der Waals surface area contributed by atoms with Gasteiger partial charge in [0.2, 0.25) is 5.69 Å². The monoisotopic (exact) mass is 418 g/mol. The van der Waals surface area contributed by atoms with Gasteiger partial charge < -0.3 is 5.73 Å². The molecule has 0 aliphatic heterocycles. The lowest BCUT2D eigenvalue weighted by Gasteiger charge is -2.12. The summed E-state index contributed by atoms with van der Waals surface area (Å²) in [4.78, 5) is 8.54. The molecule has 0 saturated carbocycles. The van der Waals surface area contributed by atoms with Crippen LogP contribution in [-0.4, -0.2) is 4.98 Å². The quantitative estimate of drug-likeness (QED) is 0.360. The van der Waals surface area contributed by atoms with Crippen LogP contribution >= 0.6 is 0 Å². The van der Waals surface area contributed by atoms with Crippen LogP contribution < -0.4 is 10.7 Å². The summed E-state index contributed by atoms with van der Waals surface area (Å²) in [6.45, 7) is 4.53. The van der Waals surface area contributed by atoms with Gasteiger partial charge in [0.25, 0.3) is 0 Å². The van der Waals surface area contributed by atoms with Gasteiger partial charge in [-0.3, -0.25) is 0 Å². The Labute approximate surface area is 189 Å². The predicted octanol–water partition coefficient (Wildman–Crippen LogP) is 6.53. The summed E-state index contributed by atoms with van der Waals surface area (Å²) < 4.78 is 0. The van der Waals surface area contributed by atoms with E-state index >= 15 is 0 Å². The van der Waals surface area contributed by atoms with Crippen LogP contribution in [-0.2, 0) is 6.54 Å². The second-order valence-corrected chi connectivity index (χ2v) is 7.30. The predicted molar refractivity (Wildman–Crippen MR) is 134 cm³/mol. The zero-order valence-corrected chi connectivity index (χ0v) is 18.5. The second kappa shape index (κ2) is 9.99. The lowest BCUT2D eigenvalue weighted by Crippen LogP contribution is -2.07. The smallest absolute Gasteiger partial charge is 0.220 e. The first-order valence-corrected chi connectivity index (χ1v) is 11.1. The molecule has 158 valence electrons. The number of aromatic nitrogens is 2. The highest BCUT2D eigenvalue weighted by atomic mass is 14.7. The topological polar surface area (TPSA) is 53.0 Å². The van der Waals surface area contributed by atoms with Gasteiger partial charge in [0.05, 0.1) is 16.6 Å². The molecule has 3 N–H and O–H groups in total. The van der Waals surface area contributed by atoms with Gasteiger partial charge in [-0.05, 0) is 29.3 Å². The molecule has 0 fully saturated rings. The van der Waals surface area contributed by atoms with Crippen molar-refractivity contribution in [3.8, 4) is 33.6 Å². The highest BCUT2D eigenvalue weighted by molar-refractivity contribution is 5.97. The van der Waals surface area contributed by atoms with Crippen molar-refractivity contribution in [2.45, 2.75) is 20.4 Å². The largest absolute Gasteiger partial charge is 0.326 e. The van der Waals surface area contributed by atoms with Crippen LogP contribution in [0.15, 0.2) is 103 Å². The average Bonchev–Trinajstić information content (AvgIpc) is 2.90. The molecule has 32 heavy (non-hydrogen) atoms. The third kappa shape index (κ3) is 4.29. The third-order valence-electron chi connectivity index (χ3n) is 5.40. The fourth-order valence-corrected chi connectivity index (χ4v) is 3.84. The summed E-state index contributed by atoms with van der Waals surface area (Å²) in [5.74, 6) is 0. The van der Waals surface area contributed by atoms with Gasteiger partial charge in [-0.25, -0.2) is 9.97 Å². The molecular formula is C29H28N3+. The Morgan fingerprint density at radius 3 is 1.97 bits per heavy atom. The minimum Gasteiger partial charge on any atom is -0.326 e. The third-order valence-corrected chi connectivity index (χ3v) is 5.40. The first kappa shape index (κ1) is 21.4. The van der Waals surface area contributed by atoms with Gasteiger partial charge in [-0.2, -0.15) is 0 Å². The van der Waals surface area contributed by atoms with E-state index in [9.17, 15) is 0 Å². The molecule has 0 unspecified atom stereocenters. The molecule has 5 rings (SSSR count). The van der Waals surface area contributed by atoms with Crippen LogP contribution in [0.5, 0.6) is 0 Å². The van der Waals surface area contributed by atoms with Crippen LogP contribution in [0.1, 0.15) is 19.4 Å². The summed E-state index contributed by atoms with van der Waals surface area (Å²) >= 11 is 0. The van der Waals surface area contributed by atoms with Crippen LogP contribution in [0.4, 0.5) is 0 Å². The zero-order valence-electron chi connectivity index (χ0n) is 18.5. The molecular weight excluding hydrogens is 390 g/mol. The van der Waals surface area contributed by atoms with Gasteiger partial charge in [0.1, 0.15) is 0 Å². The Kier molecular flexibility index (Phi) is 6.69. The van der Waals surface area contributed by atoms with E-state index in [4.69, 9.17) is 10.7 Å². The van der Waals surface area contributed by atoms with Crippen molar-refractivity contribution in [2.75, 3.05) is 0 Å². The van der Waals surface area contributed by atoms with Gasteiger partial charge >= 0.3 is 0 Å². The molecule has 0 amide bonds. The molecule has 3 nitrogen and oxygen atoms in total. The molecule has 3 aromatic carbocycles. The zero-order chi connectivity index (χ0) is 22.3. The summed E-state index contributed by atoms with van der Waals surface area (Å²) in [6.07, 6.45) is 1.96. The summed E-state index contributed by atoms with van der Waals surface area (Å²) in [7, 11) is 0. The van der Waals surface area contributed by atoms with E-state index in [1.807, 2.05) is 38.2 Å². The lowest BCUT2D eigenvalue weighted by molar-refractivity contribution is -0.362. The van der Waals surface area contributed by atoms with Crippen molar-refractivity contribution >= 4 is 10.9 Å². The Balaban J connectivity index is 0.00000119. The number of rotatable bonds is 4. The van der Waals surface area contributed by atoms with E-state index < -0.39 is 0 Å². The summed E-state index contributed by atoms with van der Waals surface area (Å²) in [5.41, 5.74) is 14.4. The number of pyridine rings is 2. The number of hydrogen-bond donors (Lipinski definition) is 1. The molecule has 5 aromatic rings. The number of nitrogens with zero attached hydrogens (tertiary/aromatic N) is 1. The molecule has 0 aliphatic carbocycles. The van der Waals surface area contributed by atoms with E-state index in [0.717, 1.165) is 50.1 Å². The molecule has 0 radical (unpaired) electrons. The van der Waals surface area contributed by atoms with E-state index in [1.165, 1.54) is 0 Å². The van der Waals surface area contributed by atoms with E-state index in [2.05, 4.69) is 83.8 Å². The van der Waals surface area contributed by atoms with Gasteiger partial charge in [-0.1, -0.05) is 86.6 Å². The summed E-state index contributed by atoms with van der Waals surface area (Å²) in [5, 5.41) is 1.10. The highest BCUT2D eigenvalue weighted by Crippen LogP contribution is 2.35. The molecule has 0 spiro atoms. The first-order valence-electron chi connectivity index (χ1n) is 11.1. The van der Waals surface area contributed by atoms with Crippen molar-refractivity contribution < 1.29 is 4.98 Å². The molecule has 2 heterocycles. The SMILES string of the molecule is CC.NCc1ccc(-c2nc3cc[nH+]c(-c4ccccc4)c3cc2-c2ccccc2)cc1.